The lowest BCUT2D eigenvalue weighted by atomic mass is 10.1. The fourth-order valence-electron chi connectivity index (χ4n) is 3.80. The average Bonchev–Trinajstić information content (AvgIpc) is 2.66. The van der Waals surface area contributed by atoms with E-state index in [4.69, 9.17) is 0 Å². The summed E-state index contributed by atoms with van der Waals surface area (Å²) in [5.41, 5.74) is 0. The topological polar surface area (TPSA) is 60.9 Å². The van der Waals surface area contributed by atoms with E-state index < -0.39 is 9.84 Å². The Balaban J connectivity index is 1.55. The molecule has 2 aliphatic rings. The molecule has 1 aromatic carbocycles. The van der Waals surface area contributed by atoms with Crippen LogP contribution in [0.15, 0.2) is 35.2 Å². The van der Waals surface area contributed by atoms with Gasteiger partial charge in [-0.25, -0.2) is 8.42 Å². The van der Waals surface area contributed by atoms with Crippen LogP contribution in [0, 0.1) is 0 Å². The van der Waals surface area contributed by atoms with E-state index >= 15 is 0 Å². The molecule has 2 fully saturated rings. The molecular weight excluding hydrogens is 350 g/mol. The molecule has 0 N–H and O–H groups in total. The van der Waals surface area contributed by atoms with Crippen molar-refractivity contribution in [1.82, 2.24) is 14.7 Å². The van der Waals surface area contributed by atoms with Crippen LogP contribution in [-0.2, 0) is 14.6 Å². The van der Waals surface area contributed by atoms with Crippen molar-refractivity contribution < 1.29 is 13.2 Å². The molecule has 0 aromatic heterocycles. The number of carbonyl (C=O) groups is 1. The van der Waals surface area contributed by atoms with Crippen molar-refractivity contribution in [1.29, 1.82) is 0 Å². The third-order valence-corrected chi connectivity index (χ3v) is 7.23. The first kappa shape index (κ1) is 19.3. The second-order valence-electron chi connectivity index (χ2n) is 7.50. The molecule has 1 aromatic rings. The summed E-state index contributed by atoms with van der Waals surface area (Å²) in [7, 11) is -3.40. The van der Waals surface area contributed by atoms with E-state index in [2.05, 4.69) is 23.6 Å². The Labute approximate surface area is 156 Å². The number of amides is 1. The van der Waals surface area contributed by atoms with Crippen molar-refractivity contribution in [3.63, 3.8) is 0 Å². The summed E-state index contributed by atoms with van der Waals surface area (Å²) in [6.45, 7) is 9.80. The van der Waals surface area contributed by atoms with E-state index in [1.54, 1.807) is 30.3 Å². The summed E-state index contributed by atoms with van der Waals surface area (Å²) in [5, 5.41) is 0. The summed E-state index contributed by atoms with van der Waals surface area (Å²) >= 11 is 0. The van der Waals surface area contributed by atoms with Crippen LogP contribution in [0.25, 0.3) is 0 Å². The molecule has 26 heavy (non-hydrogen) atoms. The number of nitrogens with zero attached hydrogens (tertiary/aromatic N) is 3. The third kappa shape index (κ3) is 4.45. The van der Waals surface area contributed by atoms with Gasteiger partial charge in [-0.15, -0.1) is 0 Å². The highest BCUT2D eigenvalue weighted by molar-refractivity contribution is 7.91. The standard InChI is InChI=1S/C19H29N3O3S/c1-16(2)21-11-9-20-10-12-22(15-17(20)14-21)19(23)8-13-26(24,25)18-6-4-3-5-7-18/h3-7,16-17H,8-15H2,1-2H3/t17-/m0/s1. The summed E-state index contributed by atoms with van der Waals surface area (Å²) in [4.78, 5) is 19.7. The molecule has 2 saturated heterocycles. The number of rotatable bonds is 5. The van der Waals surface area contributed by atoms with E-state index in [9.17, 15) is 13.2 Å². The zero-order valence-electron chi connectivity index (χ0n) is 15.7. The minimum absolute atomic E-state index is 0.0502. The molecule has 2 heterocycles. The average molecular weight is 380 g/mol. The Morgan fingerprint density at radius 1 is 1.08 bits per heavy atom. The Morgan fingerprint density at radius 3 is 2.46 bits per heavy atom. The van der Waals surface area contributed by atoms with Crippen molar-refractivity contribution in [3.8, 4) is 0 Å². The summed E-state index contributed by atoms with van der Waals surface area (Å²) < 4.78 is 24.8. The maximum atomic E-state index is 12.6. The van der Waals surface area contributed by atoms with Gasteiger partial charge in [-0.2, -0.15) is 0 Å². The second kappa shape index (κ2) is 8.06. The largest absolute Gasteiger partial charge is 0.340 e. The number of fused-ring (bicyclic) bond motifs is 1. The third-order valence-electron chi connectivity index (χ3n) is 5.49. The highest BCUT2D eigenvalue weighted by Crippen LogP contribution is 2.18. The fraction of sp³-hybridized carbons (Fsp3) is 0.632. The molecule has 0 bridgehead atoms. The second-order valence-corrected chi connectivity index (χ2v) is 9.61. The zero-order chi connectivity index (χ0) is 18.7. The highest BCUT2D eigenvalue weighted by atomic mass is 32.2. The van der Waals surface area contributed by atoms with Crippen LogP contribution < -0.4 is 0 Å². The fourth-order valence-corrected chi connectivity index (χ4v) is 5.05. The molecule has 0 spiro atoms. The van der Waals surface area contributed by atoms with Crippen LogP contribution >= 0.6 is 0 Å². The summed E-state index contributed by atoms with van der Waals surface area (Å²) in [5.74, 6) is -0.176. The van der Waals surface area contributed by atoms with Crippen LogP contribution in [-0.4, -0.2) is 86.1 Å². The first-order valence-electron chi connectivity index (χ1n) is 9.40. The minimum Gasteiger partial charge on any atom is -0.340 e. The molecule has 0 unspecified atom stereocenters. The molecular formula is C19H29N3O3S. The van der Waals surface area contributed by atoms with Gasteiger partial charge in [0.15, 0.2) is 9.84 Å². The number of hydrogen-bond donors (Lipinski definition) is 0. The van der Waals surface area contributed by atoms with Crippen molar-refractivity contribution in [3.05, 3.63) is 30.3 Å². The predicted octanol–water partition coefficient (Wildman–Crippen LogP) is 1.09. The predicted molar refractivity (Wildman–Crippen MR) is 102 cm³/mol. The normalized spacial score (nSPS) is 22.4. The van der Waals surface area contributed by atoms with Crippen LogP contribution in [0.2, 0.25) is 0 Å². The van der Waals surface area contributed by atoms with E-state index in [1.165, 1.54) is 0 Å². The maximum Gasteiger partial charge on any atom is 0.223 e. The van der Waals surface area contributed by atoms with Gasteiger partial charge in [0.1, 0.15) is 0 Å². The van der Waals surface area contributed by atoms with Crippen LogP contribution in [0.1, 0.15) is 20.3 Å². The van der Waals surface area contributed by atoms with Crippen LogP contribution in [0.5, 0.6) is 0 Å². The molecule has 1 amide bonds. The van der Waals surface area contributed by atoms with E-state index in [0.717, 1.165) is 26.2 Å². The van der Waals surface area contributed by atoms with Crippen molar-refractivity contribution in [2.24, 2.45) is 0 Å². The molecule has 0 aliphatic carbocycles. The lowest BCUT2D eigenvalue weighted by molar-refractivity contribution is -0.135. The summed E-state index contributed by atoms with van der Waals surface area (Å²) in [6.07, 6.45) is 0.0534. The smallest absolute Gasteiger partial charge is 0.223 e. The van der Waals surface area contributed by atoms with Gasteiger partial charge in [0.25, 0.3) is 0 Å². The zero-order valence-corrected chi connectivity index (χ0v) is 16.5. The number of carbonyl (C=O) groups excluding carboxylic acids is 1. The van der Waals surface area contributed by atoms with E-state index in [1.807, 2.05) is 4.90 Å². The van der Waals surface area contributed by atoms with Gasteiger partial charge in [0, 0.05) is 57.8 Å². The van der Waals surface area contributed by atoms with Crippen LogP contribution in [0.4, 0.5) is 0 Å². The molecule has 0 radical (unpaired) electrons. The van der Waals surface area contributed by atoms with Crippen molar-refractivity contribution in [2.75, 3.05) is 45.0 Å². The van der Waals surface area contributed by atoms with E-state index in [-0.39, 0.29) is 23.0 Å². The maximum absolute atomic E-state index is 12.6. The highest BCUT2D eigenvalue weighted by Gasteiger charge is 2.34. The Hall–Kier alpha value is -1.44. The molecule has 3 rings (SSSR count). The van der Waals surface area contributed by atoms with Gasteiger partial charge in [0.2, 0.25) is 5.91 Å². The van der Waals surface area contributed by atoms with Crippen LogP contribution in [0.3, 0.4) is 0 Å². The Kier molecular flexibility index (Phi) is 5.99. The van der Waals surface area contributed by atoms with Gasteiger partial charge in [0.05, 0.1) is 10.6 Å². The SMILES string of the molecule is CC(C)N1CCN2CCN(C(=O)CCS(=O)(=O)c3ccccc3)C[C@@H]2C1. The lowest BCUT2D eigenvalue weighted by Crippen LogP contribution is -2.63. The van der Waals surface area contributed by atoms with Gasteiger partial charge in [-0.05, 0) is 26.0 Å². The Bertz CT molecular complexity index is 721. The lowest BCUT2D eigenvalue weighted by Gasteiger charge is -2.48. The minimum atomic E-state index is -3.40. The quantitative estimate of drug-likeness (QED) is 0.766. The molecule has 6 nitrogen and oxygen atoms in total. The monoisotopic (exact) mass is 379 g/mol. The van der Waals surface area contributed by atoms with Gasteiger partial charge >= 0.3 is 0 Å². The molecule has 0 saturated carbocycles. The van der Waals surface area contributed by atoms with Crippen molar-refractivity contribution in [2.45, 2.75) is 37.2 Å². The first-order chi connectivity index (χ1) is 12.4. The van der Waals surface area contributed by atoms with E-state index in [0.29, 0.717) is 25.2 Å². The summed E-state index contributed by atoms with van der Waals surface area (Å²) in [6, 6.07) is 9.24. The van der Waals surface area contributed by atoms with Gasteiger partial charge in [-0.1, -0.05) is 18.2 Å². The molecule has 7 heteroatoms. The van der Waals surface area contributed by atoms with Crippen molar-refractivity contribution >= 4 is 15.7 Å². The van der Waals surface area contributed by atoms with Gasteiger partial charge < -0.3 is 4.90 Å². The number of benzene rings is 1. The number of piperazine rings is 2. The molecule has 144 valence electrons. The molecule has 2 aliphatic heterocycles. The van der Waals surface area contributed by atoms with Gasteiger partial charge in [-0.3, -0.25) is 14.6 Å². The Morgan fingerprint density at radius 2 is 1.77 bits per heavy atom. The first-order valence-corrected chi connectivity index (χ1v) is 11.1. The molecule has 1 atom stereocenters. The number of sulfone groups is 1. The number of hydrogen-bond acceptors (Lipinski definition) is 5.